The van der Waals surface area contributed by atoms with E-state index in [0.717, 1.165) is 0 Å². The van der Waals surface area contributed by atoms with Crippen LogP contribution < -0.4 is 16.4 Å². The first-order valence-corrected chi connectivity index (χ1v) is 5.52. The molecule has 0 saturated heterocycles. The molecule has 92 valence electrons. The maximum Gasteiger partial charge on any atom is 0.248 e. The van der Waals surface area contributed by atoms with Crippen molar-refractivity contribution in [2.24, 2.45) is 5.73 Å². The fraction of sp³-hybridized carbons (Fsp3) is 0.273. The number of nitrogens with two attached hydrogens (primary N) is 1. The van der Waals surface area contributed by atoms with Gasteiger partial charge in [0.2, 0.25) is 11.8 Å². The van der Waals surface area contributed by atoms with Crippen molar-refractivity contribution in [2.75, 3.05) is 18.4 Å². The second kappa shape index (κ2) is 6.22. The van der Waals surface area contributed by atoms with Gasteiger partial charge in [-0.05, 0) is 24.7 Å². The smallest absolute Gasteiger partial charge is 0.248 e. The summed E-state index contributed by atoms with van der Waals surface area (Å²) in [5.41, 5.74) is 5.82. The van der Waals surface area contributed by atoms with Crippen molar-refractivity contribution in [2.45, 2.75) is 6.92 Å². The van der Waals surface area contributed by atoms with Gasteiger partial charge in [0.05, 0.1) is 17.3 Å². The zero-order valence-electron chi connectivity index (χ0n) is 9.42. The largest absolute Gasteiger partial charge is 0.366 e. The Morgan fingerprint density at radius 3 is 2.71 bits per heavy atom. The molecule has 0 heterocycles. The van der Waals surface area contributed by atoms with Crippen LogP contribution in [0.3, 0.4) is 0 Å². The molecule has 0 bridgehead atoms. The van der Waals surface area contributed by atoms with E-state index in [-0.39, 0.29) is 12.5 Å². The summed E-state index contributed by atoms with van der Waals surface area (Å²) >= 11 is 5.89. The topological polar surface area (TPSA) is 84.2 Å². The minimum atomic E-state index is -0.566. The predicted molar refractivity (Wildman–Crippen MR) is 67.1 cm³/mol. The standard InChI is InChI=1S/C11H14ClN3O2/c1-2-14-6-10(16)15-9-5-7(11(13)17)3-4-8(9)12/h3-5,14H,2,6H2,1H3,(H2,13,17)(H,15,16). The first kappa shape index (κ1) is 13.5. The van der Waals surface area contributed by atoms with Crippen LogP contribution in [0.15, 0.2) is 18.2 Å². The zero-order valence-corrected chi connectivity index (χ0v) is 10.2. The molecule has 0 aromatic heterocycles. The zero-order chi connectivity index (χ0) is 12.8. The monoisotopic (exact) mass is 255 g/mol. The Bertz CT molecular complexity index is 435. The number of likely N-dealkylation sites (N-methyl/N-ethyl adjacent to an activating group) is 1. The molecular formula is C11H14ClN3O2. The highest BCUT2D eigenvalue weighted by atomic mass is 35.5. The van der Waals surface area contributed by atoms with E-state index in [1.165, 1.54) is 18.2 Å². The van der Waals surface area contributed by atoms with Gasteiger partial charge in [-0.15, -0.1) is 0 Å². The maximum absolute atomic E-state index is 11.5. The molecule has 6 heteroatoms. The minimum Gasteiger partial charge on any atom is -0.366 e. The number of carbonyl (C=O) groups excluding carboxylic acids is 2. The SMILES string of the molecule is CCNCC(=O)Nc1cc(C(N)=O)ccc1Cl. The molecule has 1 rings (SSSR count). The molecule has 2 amide bonds. The van der Waals surface area contributed by atoms with E-state index >= 15 is 0 Å². The molecule has 1 aromatic rings. The Hall–Kier alpha value is -1.59. The average molecular weight is 256 g/mol. The number of benzene rings is 1. The summed E-state index contributed by atoms with van der Waals surface area (Å²) in [6.07, 6.45) is 0. The Morgan fingerprint density at radius 2 is 2.12 bits per heavy atom. The van der Waals surface area contributed by atoms with E-state index in [4.69, 9.17) is 17.3 Å². The van der Waals surface area contributed by atoms with Gasteiger partial charge in [0, 0.05) is 5.56 Å². The molecule has 0 unspecified atom stereocenters. The number of rotatable bonds is 5. The Labute approximate surface area is 104 Å². The second-order valence-electron chi connectivity index (χ2n) is 3.39. The van der Waals surface area contributed by atoms with Crippen molar-refractivity contribution in [1.82, 2.24) is 5.32 Å². The molecule has 5 nitrogen and oxygen atoms in total. The number of anilines is 1. The van der Waals surface area contributed by atoms with E-state index in [1.54, 1.807) is 0 Å². The highest BCUT2D eigenvalue weighted by Crippen LogP contribution is 2.22. The molecule has 0 aliphatic rings. The van der Waals surface area contributed by atoms with Crippen LogP contribution in [0.5, 0.6) is 0 Å². The third-order valence-corrected chi connectivity index (χ3v) is 2.39. The summed E-state index contributed by atoms with van der Waals surface area (Å²) in [6, 6.07) is 4.48. The van der Waals surface area contributed by atoms with Gasteiger partial charge in [0.15, 0.2) is 0 Å². The molecule has 0 aliphatic carbocycles. The summed E-state index contributed by atoms with van der Waals surface area (Å²) < 4.78 is 0. The summed E-state index contributed by atoms with van der Waals surface area (Å²) in [5.74, 6) is -0.792. The number of hydrogen-bond acceptors (Lipinski definition) is 3. The van der Waals surface area contributed by atoms with Crippen LogP contribution in [0.4, 0.5) is 5.69 Å². The molecule has 0 aliphatic heterocycles. The number of nitrogens with one attached hydrogen (secondary N) is 2. The number of amides is 2. The van der Waals surface area contributed by atoms with Gasteiger partial charge in [-0.2, -0.15) is 0 Å². The average Bonchev–Trinajstić information content (AvgIpc) is 2.29. The molecular weight excluding hydrogens is 242 g/mol. The third kappa shape index (κ3) is 4.05. The summed E-state index contributed by atoms with van der Waals surface area (Å²) in [4.78, 5) is 22.4. The van der Waals surface area contributed by atoms with Crippen molar-refractivity contribution < 1.29 is 9.59 Å². The fourth-order valence-electron chi connectivity index (χ4n) is 1.21. The molecule has 0 saturated carbocycles. The molecule has 0 radical (unpaired) electrons. The van der Waals surface area contributed by atoms with E-state index in [2.05, 4.69) is 10.6 Å². The van der Waals surface area contributed by atoms with Crippen LogP contribution in [0.1, 0.15) is 17.3 Å². The van der Waals surface area contributed by atoms with Crippen LogP contribution >= 0.6 is 11.6 Å². The van der Waals surface area contributed by atoms with Crippen molar-refractivity contribution >= 4 is 29.1 Å². The lowest BCUT2D eigenvalue weighted by Crippen LogP contribution is -2.28. The lowest BCUT2D eigenvalue weighted by molar-refractivity contribution is -0.115. The summed E-state index contributed by atoms with van der Waals surface area (Å²) in [5, 5.41) is 5.84. The van der Waals surface area contributed by atoms with E-state index < -0.39 is 5.91 Å². The first-order valence-electron chi connectivity index (χ1n) is 5.14. The normalized spacial score (nSPS) is 10.0. The van der Waals surface area contributed by atoms with Crippen LogP contribution in [0.25, 0.3) is 0 Å². The highest BCUT2D eigenvalue weighted by Gasteiger charge is 2.08. The lowest BCUT2D eigenvalue weighted by Gasteiger charge is -2.08. The van der Waals surface area contributed by atoms with Crippen molar-refractivity contribution in [3.05, 3.63) is 28.8 Å². The van der Waals surface area contributed by atoms with E-state index in [1.807, 2.05) is 6.92 Å². The Kier molecular flexibility index (Phi) is 4.93. The molecule has 4 N–H and O–H groups in total. The van der Waals surface area contributed by atoms with Gasteiger partial charge < -0.3 is 16.4 Å². The predicted octanol–water partition coefficient (Wildman–Crippen LogP) is 0.987. The van der Waals surface area contributed by atoms with Gasteiger partial charge in [-0.25, -0.2) is 0 Å². The number of carbonyl (C=O) groups is 2. The van der Waals surface area contributed by atoms with Crippen LogP contribution in [-0.4, -0.2) is 24.9 Å². The first-order chi connectivity index (χ1) is 8.04. The number of primary amides is 1. The second-order valence-corrected chi connectivity index (χ2v) is 3.79. The third-order valence-electron chi connectivity index (χ3n) is 2.06. The van der Waals surface area contributed by atoms with E-state index in [0.29, 0.717) is 22.8 Å². The van der Waals surface area contributed by atoms with Crippen molar-refractivity contribution in [3.8, 4) is 0 Å². The van der Waals surface area contributed by atoms with Gasteiger partial charge in [0.1, 0.15) is 0 Å². The van der Waals surface area contributed by atoms with Gasteiger partial charge in [0.25, 0.3) is 0 Å². The molecule has 0 atom stereocenters. The van der Waals surface area contributed by atoms with Crippen molar-refractivity contribution in [3.63, 3.8) is 0 Å². The number of hydrogen-bond donors (Lipinski definition) is 3. The Balaban J connectivity index is 2.79. The lowest BCUT2D eigenvalue weighted by atomic mass is 10.2. The van der Waals surface area contributed by atoms with Crippen molar-refractivity contribution in [1.29, 1.82) is 0 Å². The molecule has 0 spiro atoms. The van der Waals surface area contributed by atoms with Gasteiger partial charge >= 0.3 is 0 Å². The van der Waals surface area contributed by atoms with Crippen LogP contribution in [0.2, 0.25) is 5.02 Å². The molecule has 17 heavy (non-hydrogen) atoms. The van der Waals surface area contributed by atoms with Gasteiger partial charge in [-0.3, -0.25) is 9.59 Å². The molecule has 1 aromatic carbocycles. The van der Waals surface area contributed by atoms with Crippen LogP contribution in [0, 0.1) is 0 Å². The highest BCUT2D eigenvalue weighted by molar-refractivity contribution is 6.33. The van der Waals surface area contributed by atoms with Gasteiger partial charge in [-0.1, -0.05) is 18.5 Å². The summed E-state index contributed by atoms with van der Waals surface area (Å²) in [7, 11) is 0. The van der Waals surface area contributed by atoms with Crippen LogP contribution in [-0.2, 0) is 4.79 Å². The van der Waals surface area contributed by atoms with E-state index in [9.17, 15) is 9.59 Å². The minimum absolute atomic E-state index is 0.188. The Morgan fingerprint density at radius 1 is 1.41 bits per heavy atom. The summed E-state index contributed by atoms with van der Waals surface area (Å²) in [6.45, 7) is 2.78. The number of halogens is 1. The quantitative estimate of drug-likeness (QED) is 0.734. The maximum atomic E-state index is 11.5. The molecule has 0 fully saturated rings. The fourth-order valence-corrected chi connectivity index (χ4v) is 1.37.